The van der Waals surface area contributed by atoms with E-state index in [1.165, 1.54) is 6.42 Å². The van der Waals surface area contributed by atoms with Gasteiger partial charge in [-0.05, 0) is 25.1 Å². The molecule has 0 aliphatic heterocycles. The second-order valence-corrected chi connectivity index (χ2v) is 2.66. The van der Waals surface area contributed by atoms with Crippen LogP contribution in [0.4, 0.5) is 0 Å². The monoisotopic (exact) mass is 153 g/mol. The van der Waals surface area contributed by atoms with E-state index in [2.05, 4.69) is 50.2 Å². The summed E-state index contributed by atoms with van der Waals surface area (Å²) in [4.78, 5) is 2.19. The molecule has 11 heavy (non-hydrogen) atoms. The normalized spacial score (nSPS) is 11.5. The van der Waals surface area contributed by atoms with Crippen LogP contribution in [0.3, 0.4) is 0 Å². The zero-order valence-corrected chi connectivity index (χ0v) is 7.88. The van der Waals surface area contributed by atoms with E-state index in [4.69, 9.17) is 0 Å². The number of rotatable bonds is 5. The molecule has 1 nitrogen and oxygen atoms in total. The molecule has 0 aromatic rings. The Morgan fingerprint density at radius 2 is 1.91 bits per heavy atom. The third kappa shape index (κ3) is 7.17. The second kappa shape index (κ2) is 7.39. The number of hydrogen-bond donors (Lipinski definition) is 0. The zero-order valence-electron chi connectivity index (χ0n) is 7.88. The van der Waals surface area contributed by atoms with E-state index in [1.807, 2.05) is 0 Å². The summed E-state index contributed by atoms with van der Waals surface area (Å²) in [5.74, 6) is 0. The molecule has 0 fully saturated rings. The van der Waals surface area contributed by atoms with Crippen LogP contribution in [0.25, 0.3) is 0 Å². The van der Waals surface area contributed by atoms with Crippen molar-refractivity contribution in [2.75, 3.05) is 13.6 Å². The van der Waals surface area contributed by atoms with Gasteiger partial charge in [0, 0.05) is 13.6 Å². The van der Waals surface area contributed by atoms with Gasteiger partial charge in [0.25, 0.3) is 0 Å². The van der Waals surface area contributed by atoms with Crippen LogP contribution in [0.15, 0.2) is 24.4 Å². The van der Waals surface area contributed by atoms with Gasteiger partial charge in [0.1, 0.15) is 0 Å². The summed E-state index contributed by atoms with van der Waals surface area (Å²) in [6, 6.07) is 0. The fraction of sp³-hybridized carbons (Fsp3) is 0.600. The minimum absolute atomic E-state index is 1.11. The number of allylic oxidation sites excluding steroid dienone is 3. The highest BCUT2D eigenvalue weighted by Crippen LogP contribution is 1.88. The highest BCUT2D eigenvalue weighted by Gasteiger charge is 1.83. The van der Waals surface area contributed by atoms with Gasteiger partial charge in [0.2, 0.25) is 0 Å². The minimum atomic E-state index is 1.11. The van der Waals surface area contributed by atoms with E-state index in [0.29, 0.717) is 0 Å². The van der Waals surface area contributed by atoms with Gasteiger partial charge in [-0.25, -0.2) is 0 Å². The van der Waals surface area contributed by atoms with Gasteiger partial charge in [-0.3, -0.25) is 0 Å². The summed E-state index contributed by atoms with van der Waals surface area (Å²) in [5, 5.41) is 0. The van der Waals surface area contributed by atoms with Gasteiger partial charge >= 0.3 is 0 Å². The second-order valence-electron chi connectivity index (χ2n) is 2.66. The Bertz CT molecular complexity index is 125. The lowest BCUT2D eigenvalue weighted by atomic mass is 10.4. The van der Waals surface area contributed by atoms with E-state index in [0.717, 1.165) is 13.0 Å². The first-order valence-corrected chi connectivity index (χ1v) is 4.34. The third-order valence-electron chi connectivity index (χ3n) is 1.40. The summed E-state index contributed by atoms with van der Waals surface area (Å²) in [5.41, 5.74) is 0. The molecule has 1 heteroatoms. The minimum Gasteiger partial charge on any atom is -0.380 e. The fourth-order valence-corrected chi connectivity index (χ4v) is 0.839. The van der Waals surface area contributed by atoms with Crippen LogP contribution < -0.4 is 0 Å². The zero-order chi connectivity index (χ0) is 8.53. The maximum Gasteiger partial charge on any atom is 0.0166 e. The highest BCUT2D eigenvalue weighted by molar-refractivity contribution is 5.01. The maximum absolute atomic E-state index is 2.19. The molecule has 64 valence electrons. The van der Waals surface area contributed by atoms with Crippen molar-refractivity contribution in [2.24, 2.45) is 0 Å². The molecule has 0 rings (SSSR count). The maximum atomic E-state index is 2.19. The SMILES string of the molecule is CC/C=C/C=C\N(C)CCC. The molecule has 0 saturated carbocycles. The van der Waals surface area contributed by atoms with Crippen LogP contribution in [0.1, 0.15) is 26.7 Å². The third-order valence-corrected chi connectivity index (χ3v) is 1.40. The molecule has 0 aliphatic carbocycles. The van der Waals surface area contributed by atoms with E-state index in [1.54, 1.807) is 0 Å². The molecule has 0 bridgehead atoms. The van der Waals surface area contributed by atoms with Crippen molar-refractivity contribution in [2.45, 2.75) is 26.7 Å². The van der Waals surface area contributed by atoms with E-state index >= 15 is 0 Å². The molecule has 0 aromatic carbocycles. The molecule has 0 saturated heterocycles. The van der Waals surface area contributed by atoms with Crippen LogP contribution >= 0.6 is 0 Å². The Balaban J connectivity index is 3.47. The Hall–Kier alpha value is -0.720. The molecular weight excluding hydrogens is 134 g/mol. The first-order valence-electron chi connectivity index (χ1n) is 4.34. The predicted molar refractivity (Wildman–Crippen MR) is 51.5 cm³/mol. The molecule has 0 heterocycles. The molecular formula is C10H19N. The van der Waals surface area contributed by atoms with Crippen molar-refractivity contribution in [3.8, 4) is 0 Å². The first kappa shape index (κ1) is 10.3. The number of hydrogen-bond acceptors (Lipinski definition) is 1. The van der Waals surface area contributed by atoms with Crippen LogP contribution in [0.2, 0.25) is 0 Å². The lowest BCUT2D eigenvalue weighted by Crippen LogP contribution is -2.10. The van der Waals surface area contributed by atoms with Crippen molar-refractivity contribution in [3.05, 3.63) is 24.4 Å². The van der Waals surface area contributed by atoms with Crippen molar-refractivity contribution in [1.29, 1.82) is 0 Å². The Morgan fingerprint density at radius 3 is 2.45 bits per heavy atom. The first-order chi connectivity index (χ1) is 5.31. The molecule has 0 radical (unpaired) electrons. The molecule has 0 aliphatic rings. The van der Waals surface area contributed by atoms with Gasteiger partial charge in [-0.15, -0.1) is 0 Å². The van der Waals surface area contributed by atoms with Crippen molar-refractivity contribution >= 4 is 0 Å². The lowest BCUT2D eigenvalue weighted by Gasteiger charge is -2.10. The van der Waals surface area contributed by atoms with Crippen LogP contribution in [-0.4, -0.2) is 18.5 Å². The van der Waals surface area contributed by atoms with Crippen molar-refractivity contribution < 1.29 is 0 Å². The van der Waals surface area contributed by atoms with Crippen LogP contribution in [-0.2, 0) is 0 Å². The lowest BCUT2D eigenvalue weighted by molar-refractivity contribution is 0.454. The largest absolute Gasteiger partial charge is 0.380 e. The predicted octanol–water partition coefficient (Wildman–Crippen LogP) is 2.81. The van der Waals surface area contributed by atoms with Gasteiger partial charge in [0.15, 0.2) is 0 Å². The highest BCUT2D eigenvalue weighted by atomic mass is 15.1. The molecule has 0 N–H and O–H groups in total. The smallest absolute Gasteiger partial charge is 0.0166 e. The quantitative estimate of drug-likeness (QED) is 0.549. The Kier molecular flexibility index (Phi) is 6.90. The van der Waals surface area contributed by atoms with Gasteiger partial charge in [-0.2, -0.15) is 0 Å². The van der Waals surface area contributed by atoms with Crippen LogP contribution in [0, 0.1) is 0 Å². The molecule has 0 aromatic heterocycles. The van der Waals surface area contributed by atoms with E-state index < -0.39 is 0 Å². The summed E-state index contributed by atoms with van der Waals surface area (Å²) in [7, 11) is 2.10. The Morgan fingerprint density at radius 1 is 1.18 bits per heavy atom. The fourth-order valence-electron chi connectivity index (χ4n) is 0.839. The summed E-state index contributed by atoms with van der Waals surface area (Å²) in [6.45, 7) is 5.46. The summed E-state index contributed by atoms with van der Waals surface area (Å²) < 4.78 is 0. The molecule has 0 spiro atoms. The summed E-state index contributed by atoms with van der Waals surface area (Å²) in [6.07, 6.45) is 10.7. The summed E-state index contributed by atoms with van der Waals surface area (Å²) >= 11 is 0. The molecule has 0 unspecified atom stereocenters. The van der Waals surface area contributed by atoms with E-state index in [-0.39, 0.29) is 0 Å². The van der Waals surface area contributed by atoms with Gasteiger partial charge in [-0.1, -0.05) is 26.0 Å². The van der Waals surface area contributed by atoms with Crippen LogP contribution in [0.5, 0.6) is 0 Å². The van der Waals surface area contributed by atoms with Crippen molar-refractivity contribution in [1.82, 2.24) is 4.90 Å². The number of nitrogens with zero attached hydrogens (tertiary/aromatic N) is 1. The standard InChI is InChI=1S/C10H19N/c1-4-6-7-8-10-11(3)9-5-2/h6-8,10H,4-5,9H2,1-3H3/b7-6+,10-8-. The average Bonchev–Trinajstić information content (AvgIpc) is 1.99. The average molecular weight is 153 g/mol. The molecule has 0 atom stereocenters. The van der Waals surface area contributed by atoms with Crippen molar-refractivity contribution in [3.63, 3.8) is 0 Å². The molecule has 0 amide bonds. The van der Waals surface area contributed by atoms with E-state index in [9.17, 15) is 0 Å². The topological polar surface area (TPSA) is 3.24 Å². The van der Waals surface area contributed by atoms with Gasteiger partial charge < -0.3 is 4.90 Å². The van der Waals surface area contributed by atoms with Gasteiger partial charge in [0.05, 0.1) is 0 Å². The Labute approximate surface area is 70.4 Å².